The molecular weight excluding hydrogens is 314 g/mol. The molecule has 0 aliphatic rings. The first-order chi connectivity index (χ1) is 12.1. The van der Waals surface area contributed by atoms with Gasteiger partial charge in [0.05, 0.1) is 0 Å². The van der Waals surface area contributed by atoms with Crippen LogP contribution in [0.3, 0.4) is 0 Å². The Kier molecular flexibility index (Phi) is 7.20. The zero-order chi connectivity index (χ0) is 18.1. The van der Waals surface area contributed by atoms with E-state index in [-0.39, 0.29) is 18.4 Å². The molecule has 0 radical (unpaired) electrons. The van der Waals surface area contributed by atoms with Gasteiger partial charge in [-0.1, -0.05) is 61.5 Å². The third-order valence-corrected chi connectivity index (χ3v) is 4.09. The second kappa shape index (κ2) is 9.62. The highest BCUT2D eigenvalue weighted by molar-refractivity contribution is 5.76. The predicted octanol–water partition coefficient (Wildman–Crippen LogP) is 4.05. The second-order valence-corrected chi connectivity index (χ2v) is 6.21. The zero-order valence-corrected chi connectivity index (χ0v) is 14.6. The normalized spacial score (nSPS) is 11.7. The van der Waals surface area contributed by atoms with Crippen molar-refractivity contribution >= 4 is 11.9 Å². The maximum atomic E-state index is 11.9. The number of carboxylic acid groups (broad SMARTS) is 1. The molecule has 4 heteroatoms. The average Bonchev–Trinajstić information content (AvgIpc) is 2.61. The molecule has 0 saturated heterocycles. The van der Waals surface area contributed by atoms with E-state index >= 15 is 0 Å². The van der Waals surface area contributed by atoms with Crippen LogP contribution in [0.4, 0.5) is 0 Å². The maximum absolute atomic E-state index is 11.9. The van der Waals surface area contributed by atoms with Gasteiger partial charge in [-0.15, -0.1) is 0 Å². The van der Waals surface area contributed by atoms with E-state index in [9.17, 15) is 9.59 Å². The number of carbonyl (C=O) groups excluding carboxylic acids is 1. The SMILES string of the molecule is CCCC(=O)NC(CCC(=O)O)Cc1ccc(-c2ccccc2)cc1. The van der Waals surface area contributed by atoms with Gasteiger partial charge < -0.3 is 10.4 Å². The van der Waals surface area contributed by atoms with Gasteiger partial charge in [0.15, 0.2) is 0 Å². The molecule has 0 aromatic heterocycles. The summed E-state index contributed by atoms with van der Waals surface area (Å²) in [6.45, 7) is 1.95. The number of carboxylic acids is 1. The predicted molar refractivity (Wildman–Crippen MR) is 99.3 cm³/mol. The molecular formula is C21H25NO3. The molecule has 2 N–H and O–H groups in total. The Labute approximate surface area is 148 Å². The number of benzene rings is 2. The van der Waals surface area contributed by atoms with Crippen LogP contribution in [-0.4, -0.2) is 23.0 Å². The fraction of sp³-hybridized carbons (Fsp3) is 0.333. The molecule has 2 aromatic rings. The molecule has 0 spiro atoms. The topological polar surface area (TPSA) is 66.4 Å². The van der Waals surface area contributed by atoms with E-state index in [2.05, 4.69) is 29.6 Å². The Morgan fingerprint density at radius 2 is 1.60 bits per heavy atom. The molecule has 0 aliphatic heterocycles. The lowest BCUT2D eigenvalue weighted by Crippen LogP contribution is -2.36. The molecule has 2 rings (SSSR count). The Morgan fingerprint density at radius 1 is 0.960 bits per heavy atom. The van der Waals surface area contributed by atoms with Crippen molar-refractivity contribution in [2.75, 3.05) is 0 Å². The monoisotopic (exact) mass is 339 g/mol. The van der Waals surface area contributed by atoms with Gasteiger partial charge in [-0.25, -0.2) is 0 Å². The van der Waals surface area contributed by atoms with Gasteiger partial charge in [0, 0.05) is 18.9 Å². The van der Waals surface area contributed by atoms with Crippen LogP contribution >= 0.6 is 0 Å². The third-order valence-electron chi connectivity index (χ3n) is 4.09. The summed E-state index contributed by atoms with van der Waals surface area (Å²) in [4.78, 5) is 22.7. The van der Waals surface area contributed by atoms with Gasteiger partial charge >= 0.3 is 5.97 Å². The Bertz CT molecular complexity index is 680. The van der Waals surface area contributed by atoms with Crippen LogP contribution in [0.2, 0.25) is 0 Å². The second-order valence-electron chi connectivity index (χ2n) is 6.21. The minimum absolute atomic E-state index is 0.0150. The minimum Gasteiger partial charge on any atom is -0.481 e. The fourth-order valence-electron chi connectivity index (χ4n) is 2.80. The van der Waals surface area contributed by atoms with Crippen molar-refractivity contribution in [3.8, 4) is 11.1 Å². The largest absolute Gasteiger partial charge is 0.481 e. The molecule has 1 unspecified atom stereocenters. The number of hydrogen-bond donors (Lipinski definition) is 2. The summed E-state index contributed by atoms with van der Waals surface area (Å²) < 4.78 is 0. The summed E-state index contributed by atoms with van der Waals surface area (Å²) in [5.74, 6) is -0.854. The van der Waals surface area contributed by atoms with E-state index in [0.717, 1.165) is 23.1 Å². The van der Waals surface area contributed by atoms with Gasteiger partial charge in [-0.2, -0.15) is 0 Å². The molecule has 4 nitrogen and oxygen atoms in total. The van der Waals surface area contributed by atoms with Crippen LogP contribution in [0.15, 0.2) is 54.6 Å². The molecule has 1 atom stereocenters. The van der Waals surface area contributed by atoms with E-state index in [1.165, 1.54) is 0 Å². The van der Waals surface area contributed by atoms with Gasteiger partial charge in [0.2, 0.25) is 5.91 Å². The summed E-state index contributed by atoms with van der Waals surface area (Å²) >= 11 is 0. The Hall–Kier alpha value is -2.62. The number of carbonyl (C=O) groups is 2. The van der Waals surface area contributed by atoms with E-state index in [1.54, 1.807) is 0 Å². The van der Waals surface area contributed by atoms with E-state index < -0.39 is 5.97 Å². The molecule has 132 valence electrons. The number of rotatable bonds is 9. The Morgan fingerprint density at radius 3 is 2.20 bits per heavy atom. The van der Waals surface area contributed by atoms with E-state index in [1.807, 2.05) is 37.3 Å². The Balaban J connectivity index is 2.03. The lowest BCUT2D eigenvalue weighted by molar-refractivity contribution is -0.137. The fourth-order valence-corrected chi connectivity index (χ4v) is 2.80. The van der Waals surface area contributed by atoms with Crippen LogP contribution < -0.4 is 5.32 Å². The molecule has 0 saturated carbocycles. The van der Waals surface area contributed by atoms with Crippen molar-refractivity contribution in [1.82, 2.24) is 5.32 Å². The van der Waals surface area contributed by atoms with Crippen LogP contribution in [0.5, 0.6) is 0 Å². The van der Waals surface area contributed by atoms with E-state index in [0.29, 0.717) is 19.3 Å². The first-order valence-corrected chi connectivity index (χ1v) is 8.74. The van der Waals surface area contributed by atoms with Crippen molar-refractivity contribution < 1.29 is 14.7 Å². The summed E-state index contributed by atoms with van der Waals surface area (Å²) in [6, 6.07) is 18.2. The number of amides is 1. The van der Waals surface area contributed by atoms with Crippen LogP contribution in [0.1, 0.15) is 38.2 Å². The van der Waals surface area contributed by atoms with Crippen LogP contribution in [0.25, 0.3) is 11.1 Å². The minimum atomic E-state index is -0.839. The highest BCUT2D eigenvalue weighted by atomic mass is 16.4. The van der Waals surface area contributed by atoms with Crippen LogP contribution in [0, 0.1) is 0 Å². The quantitative estimate of drug-likeness (QED) is 0.724. The van der Waals surface area contributed by atoms with Crippen LogP contribution in [-0.2, 0) is 16.0 Å². The molecule has 0 fully saturated rings. The first kappa shape index (κ1) is 18.7. The molecule has 2 aromatic carbocycles. The van der Waals surface area contributed by atoms with Crippen molar-refractivity contribution in [3.05, 3.63) is 60.2 Å². The lowest BCUT2D eigenvalue weighted by Gasteiger charge is -2.18. The van der Waals surface area contributed by atoms with Crippen molar-refractivity contribution in [3.63, 3.8) is 0 Å². The standard InChI is InChI=1S/C21H25NO3/c1-2-6-20(23)22-19(13-14-21(24)25)15-16-9-11-18(12-10-16)17-7-4-3-5-8-17/h3-5,7-12,19H,2,6,13-15H2,1H3,(H,22,23)(H,24,25). The highest BCUT2D eigenvalue weighted by Crippen LogP contribution is 2.20. The van der Waals surface area contributed by atoms with Gasteiger partial charge in [0.25, 0.3) is 0 Å². The summed E-state index contributed by atoms with van der Waals surface area (Å²) in [5.41, 5.74) is 3.39. The summed E-state index contributed by atoms with van der Waals surface area (Å²) in [6.07, 6.45) is 2.38. The summed E-state index contributed by atoms with van der Waals surface area (Å²) in [7, 11) is 0. The molecule has 0 aliphatic carbocycles. The summed E-state index contributed by atoms with van der Waals surface area (Å²) in [5, 5.41) is 11.9. The number of aliphatic carboxylic acids is 1. The first-order valence-electron chi connectivity index (χ1n) is 8.74. The van der Waals surface area contributed by atoms with Crippen molar-refractivity contribution in [2.24, 2.45) is 0 Å². The smallest absolute Gasteiger partial charge is 0.303 e. The average molecular weight is 339 g/mol. The van der Waals surface area contributed by atoms with Gasteiger partial charge in [0.1, 0.15) is 0 Å². The zero-order valence-electron chi connectivity index (χ0n) is 14.6. The number of nitrogens with one attached hydrogen (secondary N) is 1. The van der Waals surface area contributed by atoms with E-state index in [4.69, 9.17) is 5.11 Å². The molecule has 25 heavy (non-hydrogen) atoms. The number of hydrogen-bond acceptors (Lipinski definition) is 2. The maximum Gasteiger partial charge on any atom is 0.303 e. The van der Waals surface area contributed by atoms with Crippen molar-refractivity contribution in [1.29, 1.82) is 0 Å². The molecule has 1 amide bonds. The molecule has 0 heterocycles. The van der Waals surface area contributed by atoms with Crippen molar-refractivity contribution in [2.45, 2.75) is 45.1 Å². The lowest BCUT2D eigenvalue weighted by atomic mass is 9.98. The highest BCUT2D eigenvalue weighted by Gasteiger charge is 2.14. The molecule has 0 bridgehead atoms. The van der Waals surface area contributed by atoms with Gasteiger partial charge in [-0.05, 0) is 36.0 Å². The third kappa shape index (κ3) is 6.42. The van der Waals surface area contributed by atoms with Gasteiger partial charge in [-0.3, -0.25) is 9.59 Å².